The van der Waals surface area contributed by atoms with Crippen LogP contribution in [0.1, 0.15) is 36.9 Å². The number of halogens is 3. The quantitative estimate of drug-likeness (QED) is 0.444. The number of H-pyrrole nitrogens is 1. The molecule has 0 bridgehead atoms. The highest BCUT2D eigenvalue weighted by Crippen LogP contribution is 2.33. The van der Waals surface area contributed by atoms with Gasteiger partial charge in [0, 0.05) is 29.1 Å². The van der Waals surface area contributed by atoms with E-state index in [9.17, 15) is 13.2 Å². The molecule has 0 unspecified atom stereocenters. The average Bonchev–Trinajstić information content (AvgIpc) is 3.19. The molecule has 1 aromatic carbocycles. The van der Waals surface area contributed by atoms with Gasteiger partial charge in [-0.15, -0.1) is 0 Å². The maximum Gasteiger partial charge on any atom is 0.416 e. The van der Waals surface area contributed by atoms with Crippen molar-refractivity contribution in [3.05, 3.63) is 53.9 Å². The summed E-state index contributed by atoms with van der Waals surface area (Å²) in [5, 5.41) is 0. The Bertz CT molecular complexity index is 1050. The lowest BCUT2D eigenvalue weighted by atomic mass is 9.93. The Morgan fingerprint density at radius 2 is 1.91 bits per heavy atom. The third kappa shape index (κ3) is 5.93. The molecule has 4 rings (SSSR count). The first-order valence-corrected chi connectivity index (χ1v) is 11.3. The van der Waals surface area contributed by atoms with Crippen molar-refractivity contribution >= 4 is 0 Å². The van der Waals surface area contributed by atoms with Crippen molar-refractivity contribution in [1.29, 1.82) is 0 Å². The number of aromatic nitrogens is 3. The summed E-state index contributed by atoms with van der Waals surface area (Å²) in [6.07, 6.45) is 1.98. The van der Waals surface area contributed by atoms with Gasteiger partial charge in [0.25, 0.3) is 0 Å². The molecule has 0 atom stereocenters. The second kappa shape index (κ2) is 9.95. The SMILES string of the molecule is Cc1[nH]c(-c2ccc(OCCCC3CCN(C)CC3)nc2)nc1-c1cccc(C(F)(F)F)c1. The molecule has 1 saturated heterocycles. The zero-order valence-electron chi connectivity index (χ0n) is 19.0. The second-order valence-electron chi connectivity index (χ2n) is 8.76. The molecular weight excluding hydrogens is 429 g/mol. The topological polar surface area (TPSA) is 54.0 Å². The van der Waals surface area contributed by atoms with Crippen molar-refractivity contribution in [2.24, 2.45) is 5.92 Å². The molecule has 1 N–H and O–H groups in total. The van der Waals surface area contributed by atoms with E-state index in [0.29, 0.717) is 35.3 Å². The second-order valence-corrected chi connectivity index (χ2v) is 8.76. The molecule has 5 nitrogen and oxygen atoms in total. The predicted molar refractivity (Wildman–Crippen MR) is 122 cm³/mol. The lowest BCUT2D eigenvalue weighted by molar-refractivity contribution is -0.137. The van der Waals surface area contributed by atoms with Gasteiger partial charge in [-0.3, -0.25) is 0 Å². The van der Waals surface area contributed by atoms with Crippen LogP contribution in [0.3, 0.4) is 0 Å². The largest absolute Gasteiger partial charge is 0.478 e. The number of hydrogen-bond donors (Lipinski definition) is 1. The number of nitrogens with one attached hydrogen (secondary N) is 1. The molecule has 176 valence electrons. The first-order chi connectivity index (χ1) is 15.8. The van der Waals surface area contributed by atoms with Crippen molar-refractivity contribution in [3.8, 4) is 28.5 Å². The maximum atomic E-state index is 13.1. The number of ether oxygens (including phenoxy) is 1. The maximum absolute atomic E-state index is 13.1. The highest BCUT2D eigenvalue weighted by atomic mass is 19.4. The molecule has 2 aromatic heterocycles. The van der Waals surface area contributed by atoms with Crippen LogP contribution in [0.25, 0.3) is 22.6 Å². The number of piperidine rings is 1. The Balaban J connectivity index is 1.36. The smallest absolute Gasteiger partial charge is 0.416 e. The van der Waals surface area contributed by atoms with E-state index in [1.807, 2.05) is 6.07 Å². The van der Waals surface area contributed by atoms with Crippen molar-refractivity contribution < 1.29 is 17.9 Å². The fourth-order valence-corrected chi connectivity index (χ4v) is 4.23. The summed E-state index contributed by atoms with van der Waals surface area (Å²) in [6, 6.07) is 8.85. The van der Waals surface area contributed by atoms with Gasteiger partial charge in [0.1, 0.15) is 5.82 Å². The van der Waals surface area contributed by atoms with Crippen LogP contribution in [-0.2, 0) is 6.18 Å². The number of pyridine rings is 1. The van der Waals surface area contributed by atoms with Gasteiger partial charge < -0.3 is 14.6 Å². The first-order valence-electron chi connectivity index (χ1n) is 11.3. The Morgan fingerprint density at radius 1 is 1.12 bits per heavy atom. The minimum Gasteiger partial charge on any atom is -0.478 e. The summed E-state index contributed by atoms with van der Waals surface area (Å²) in [6.45, 7) is 4.78. The third-order valence-electron chi connectivity index (χ3n) is 6.20. The highest BCUT2D eigenvalue weighted by Gasteiger charge is 2.30. The summed E-state index contributed by atoms with van der Waals surface area (Å²) >= 11 is 0. The Morgan fingerprint density at radius 3 is 2.61 bits per heavy atom. The van der Waals surface area contributed by atoms with Crippen LogP contribution < -0.4 is 4.74 Å². The van der Waals surface area contributed by atoms with Crippen molar-refractivity contribution in [3.63, 3.8) is 0 Å². The summed E-state index contributed by atoms with van der Waals surface area (Å²) in [5.41, 5.74) is 1.66. The number of aromatic amines is 1. The van der Waals surface area contributed by atoms with Crippen molar-refractivity contribution in [2.45, 2.75) is 38.8 Å². The molecular formula is C25H29F3N4O. The van der Waals surface area contributed by atoms with E-state index >= 15 is 0 Å². The zero-order valence-corrected chi connectivity index (χ0v) is 19.0. The van der Waals surface area contributed by atoms with Gasteiger partial charge in [0.2, 0.25) is 5.88 Å². The lowest BCUT2D eigenvalue weighted by Gasteiger charge is -2.28. The van der Waals surface area contributed by atoms with Gasteiger partial charge in [0.05, 0.1) is 17.9 Å². The van der Waals surface area contributed by atoms with Gasteiger partial charge in [-0.05, 0) is 76.9 Å². The minimum absolute atomic E-state index is 0.419. The van der Waals surface area contributed by atoms with E-state index in [4.69, 9.17) is 4.74 Å². The number of hydrogen-bond acceptors (Lipinski definition) is 4. The number of nitrogens with zero attached hydrogens (tertiary/aromatic N) is 3. The highest BCUT2D eigenvalue weighted by molar-refractivity contribution is 5.67. The summed E-state index contributed by atoms with van der Waals surface area (Å²) in [5.74, 6) is 1.90. The van der Waals surface area contributed by atoms with Crippen LogP contribution in [-0.4, -0.2) is 46.6 Å². The van der Waals surface area contributed by atoms with Crippen molar-refractivity contribution in [2.75, 3.05) is 26.7 Å². The number of imidazole rings is 1. The van der Waals surface area contributed by atoms with E-state index in [-0.39, 0.29) is 0 Å². The fraction of sp³-hybridized carbons (Fsp3) is 0.440. The van der Waals surface area contributed by atoms with Gasteiger partial charge in [0.15, 0.2) is 0 Å². The molecule has 0 aliphatic carbocycles. The molecule has 0 saturated carbocycles. The number of alkyl halides is 3. The molecule has 0 spiro atoms. The number of likely N-dealkylation sites (tertiary alicyclic amines) is 1. The van der Waals surface area contributed by atoms with E-state index in [1.54, 1.807) is 25.3 Å². The van der Waals surface area contributed by atoms with Gasteiger partial charge in [-0.1, -0.05) is 12.1 Å². The normalized spacial score (nSPS) is 15.7. The number of benzene rings is 1. The standard InChI is InChI=1S/C25H29F3N4O/c1-17-23(19-6-3-7-21(15-19)25(26,27)28)31-24(30-17)20-8-9-22(29-16-20)33-14-4-5-18-10-12-32(2)13-11-18/h3,6-9,15-16,18H,4-5,10-14H2,1-2H3,(H,30,31). The Hall–Kier alpha value is -2.87. The first kappa shape index (κ1) is 23.3. The lowest BCUT2D eigenvalue weighted by Crippen LogP contribution is -2.30. The summed E-state index contributed by atoms with van der Waals surface area (Å²) < 4.78 is 45.0. The molecule has 3 heterocycles. The number of aryl methyl sites for hydroxylation is 1. The zero-order chi connectivity index (χ0) is 23.4. The van der Waals surface area contributed by atoms with E-state index in [2.05, 4.69) is 26.9 Å². The number of rotatable bonds is 7. The molecule has 33 heavy (non-hydrogen) atoms. The van der Waals surface area contributed by atoms with E-state index < -0.39 is 11.7 Å². The van der Waals surface area contributed by atoms with Crippen LogP contribution >= 0.6 is 0 Å². The summed E-state index contributed by atoms with van der Waals surface area (Å²) in [7, 11) is 2.17. The Kier molecular flexibility index (Phi) is 7.02. The van der Waals surface area contributed by atoms with Gasteiger partial charge in [-0.2, -0.15) is 13.2 Å². The minimum atomic E-state index is -4.39. The molecule has 1 fully saturated rings. The molecule has 1 aliphatic rings. The molecule has 0 radical (unpaired) electrons. The summed E-state index contributed by atoms with van der Waals surface area (Å²) in [4.78, 5) is 14.4. The molecule has 1 aliphatic heterocycles. The average molecular weight is 459 g/mol. The van der Waals surface area contributed by atoms with Crippen molar-refractivity contribution in [1.82, 2.24) is 19.9 Å². The van der Waals surface area contributed by atoms with Crippen LogP contribution in [0.5, 0.6) is 5.88 Å². The predicted octanol–water partition coefficient (Wildman–Crippen LogP) is 5.97. The van der Waals surface area contributed by atoms with Gasteiger partial charge in [-0.25, -0.2) is 9.97 Å². The van der Waals surface area contributed by atoms with E-state index in [0.717, 1.165) is 30.0 Å². The van der Waals surface area contributed by atoms with Crippen LogP contribution in [0.2, 0.25) is 0 Å². The third-order valence-corrected chi connectivity index (χ3v) is 6.20. The van der Waals surface area contributed by atoms with Crippen LogP contribution in [0.15, 0.2) is 42.6 Å². The van der Waals surface area contributed by atoms with Crippen LogP contribution in [0.4, 0.5) is 13.2 Å². The molecule has 0 amide bonds. The monoisotopic (exact) mass is 458 g/mol. The molecule has 8 heteroatoms. The Labute approximate surface area is 192 Å². The fourth-order valence-electron chi connectivity index (χ4n) is 4.23. The van der Waals surface area contributed by atoms with Gasteiger partial charge >= 0.3 is 6.18 Å². The molecule has 3 aromatic rings. The van der Waals surface area contributed by atoms with Crippen LogP contribution in [0, 0.1) is 12.8 Å². The van der Waals surface area contributed by atoms with E-state index in [1.165, 1.54) is 38.4 Å².